The zero-order chi connectivity index (χ0) is 19.9. The second-order valence-corrected chi connectivity index (χ2v) is 8.52. The number of likely N-dealkylation sites (tertiary alicyclic amines) is 1. The van der Waals surface area contributed by atoms with Crippen LogP contribution < -0.4 is 10.0 Å². The lowest BCUT2D eigenvalue weighted by atomic mass is 10.1. The molecule has 0 saturated carbocycles. The van der Waals surface area contributed by atoms with Gasteiger partial charge in [0.05, 0.1) is 24.6 Å². The van der Waals surface area contributed by atoms with Gasteiger partial charge < -0.3 is 15.0 Å². The quantitative estimate of drug-likeness (QED) is 0.514. The lowest BCUT2D eigenvalue weighted by Gasteiger charge is -2.21. The number of hydrogen-bond donors (Lipinski definition) is 2. The van der Waals surface area contributed by atoms with Gasteiger partial charge in [0.1, 0.15) is 5.82 Å². The number of anilines is 1. The molecular formula is C18H29FN4O3S. The van der Waals surface area contributed by atoms with E-state index in [1.807, 2.05) is 6.92 Å². The van der Waals surface area contributed by atoms with Gasteiger partial charge >= 0.3 is 0 Å². The van der Waals surface area contributed by atoms with Crippen molar-refractivity contribution in [2.45, 2.75) is 20.3 Å². The van der Waals surface area contributed by atoms with Gasteiger partial charge in [-0.05, 0) is 38.0 Å². The number of nitrogens with one attached hydrogen (secondary N) is 2. The Labute approximate surface area is 161 Å². The molecule has 1 fully saturated rings. The van der Waals surface area contributed by atoms with Crippen molar-refractivity contribution in [2.75, 3.05) is 50.4 Å². The van der Waals surface area contributed by atoms with Crippen molar-refractivity contribution >= 4 is 21.7 Å². The van der Waals surface area contributed by atoms with Gasteiger partial charge in [-0.2, -0.15) is 0 Å². The van der Waals surface area contributed by atoms with Crippen LogP contribution in [0.2, 0.25) is 0 Å². The minimum absolute atomic E-state index is 0.122. The smallest absolute Gasteiger partial charge is 0.234 e. The lowest BCUT2D eigenvalue weighted by Crippen LogP contribution is -2.40. The van der Waals surface area contributed by atoms with Gasteiger partial charge in [0.25, 0.3) is 0 Å². The van der Waals surface area contributed by atoms with Crippen molar-refractivity contribution in [2.24, 2.45) is 10.9 Å². The Bertz CT molecular complexity index is 755. The first-order valence-electron chi connectivity index (χ1n) is 9.13. The summed E-state index contributed by atoms with van der Waals surface area (Å²) >= 11 is 0. The standard InChI is InChI=1S/C18H29FN4O3S/c1-4-20-18(23-9-7-15(12-23)13-26-3)21-8-10-27(24,25)22-16-6-5-14(2)17(19)11-16/h5-6,11,15,22H,4,7-10,12-13H2,1-3H3,(H,20,21). The summed E-state index contributed by atoms with van der Waals surface area (Å²) < 4.78 is 45.7. The Kier molecular flexibility index (Phi) is 7.85. The van der Waals surface area contributed by atoms with Crippen LogP contribution in [0.5, 0.6) is 0 Å². The third-order valence-corrected chi connectivity index (χ3v) is 5.66. The van der Waals surface area contributed by atoms with Crippen LogP contribution in [0.3, 0.4) is 0 Å². The first-order chi connectivity index (χ1) is 12.8. The maximum Gasteiger partial charge on any atom is 0.234 e. The third-order valence-electron chi connectivity index (χ3n) is 4.39. The molecule has 9 heteroatoms. The number of rotatable bonds is 8. The van der Waals surface area contributed by atoms with Gasteiger partial charge in [-0.15, -0.1) is 0 Å². The van der Waals surface area contributed by atoms with Crippen LogP contribution in [-0.2, 0) is 14.8 Å². The van der Waals surface area contributed by atoms with Crippen molar-refractivity contribution in [1.29, 1.82) is 0 Å². The van der Waals surface area contributed by atoms with Crippen LogP contribution in [0.1, 0.15) is 18.9 Å². The van der Waals surface area contributed by atoms with Gasteiger partial charge in [0.2, 0.25) is 10.0 Å². The monoisotopic (exact) mass is 400 g/mol. The summed E-state index contributed by atoms with van der Waals surface area (Å²) in [6.07, 6.45) is 1.02. The van der Waals surface area contributed by atoms with E-state index in [2.05, 4.69) is 19.9 Å². The largest absolute Gasteiger partial charge is 0.384 e. The maximum absolute atomic E-state index is 13.6. The summed E-state index contributed by atoms with van der Waals surface area (Å²) in [5.41, 5.74) is 0.686. The molecule has 0 radical (unpaired) electrons. The Morgan fingerprint density at radius 2 is 2.22 bits per heavy atom. The number of ether oxygens (including phenoxy) is 1. The highest BCUT2D eigenvalue weighted by molar-refractivity contribution is 7.92. The molecule has 0 amide bonds. The molecule has 1 aromatic carbocycles. The summed E-state index contributed by atoms with van der Waals surface area (Å²) in [6, 6.07) is 4.27. The van der Waals surface area contributed by atoms with Crippen molar-refractivity contribution in [1.82, 2.24) is 10.2 Å². The van der Waals surface area contributed by atoms with Gasteiger partial charge in [-0.3, -0.25) is 9.71 Å². The fourth-order valence-corrected chi connectivity index (χ4v) is 3.90. The summed E-state index contributed by atoms with van der Waals surface area (Å²) in [4.78, 5) is 6.57. The van der Waals surface area contributed by atoms with Crippen molar-refractivity contribution in [3.8, 4) is 0 Å². The SMILES string of the molecule is CCNC(=NCCS(=O)(=O)Nc1ccc(C)c(F)c1)N1CCC(COC)C1. The van der Waals surface area contributed by atoms with Gasteiger partial charge in [0, 0.05) is 32.7 Å². The van der Waals surface area contributed by atoms with Crippen molar-refractivity contribution in [3.63, 3.8) is 0 Å². The summed E-state index contributed by atoms with van der Waals surface area (Å²) in [5.74, 6) is 0.558. The minimum Gasteiger partial charge on any atom is -0.384 e. The maximum atomic E-state index is 13.6. The van der Waals surface area contributed by atoms with Crippen molar-refractivity contribution < 1.29 is 17.5 Å². The molecule has 0 aliphatic carbocycles. The average molecular weight is 401 g/mol. The molecule has 1 unspecified atom stereocenters. The molecule has 0 spiro atoms. The Morgan fingerprint density at radius 3 is 2.89 bits per heavy atom. The molecule has 2 N–H and O–H groups in total. The van der Waals surface area contributed by atoms with Crippen LogP contribution in [0.15, 0.2) is 23.2 Å². The number of hydrogen-bond acceptors (Lipinski definition) is 4. The molecule has 152 valence electrons. The van der Waals surface area contributed by atoms with Crippen LogP contribution in [0.25, 0.3) is 0 Å². The molecule has 0 bridgehead atoms. The summed E-state index contributed by atoms with van der Waals surface area (Å²) in [6.45, 7) is 6.85. The van der Waals surface area contributed by atoms with Crippen LogP contribution >= 0.6 is 0 Å². The fraction of sp³-hybridized carbons (Fsp3) is 0.611. The lowest BCUT2D eigenvalue weighted by molar-refractivity contribution is 0.157. The van der Waals surface area contributed by atoms with E-state index in [1.165, 1.54) is 6.07 Å². The molecule has 1 aliphatic heterocycles. The van der Waals surface area contributed by atoms with Gasteiger partial charge in [-0.1, -0.05) is 6.07 Å². The summed E-state index contributed by atoms with van der Waals surface area (Å²) in [5, 5.41) is 3.21. The van der Waals surface area contributed by atoms with E-state index in [4.69, 9.17) is 4.74 Å². The number of guanidine groups is 1. The third kappa shape index (κ3) is 6.66. The first kappa shape index (κ1) is 21.4. The Hall–Kier alpha value is -1.87. The van der Waals surface area contributed by atoms with E-state index in [-0.39, 0.29) is 18.0 Å². The predicted octanol–water partition coefficient (Wildman–Crippen LogP) is 1.81. The number of aryl methyl sites for hydroxylation is 1. The van der Waals surface area contributed by atoms with E-state index in [9.17, 15) is 12.8 Å². The van der Waals surface area contributed by atoms with Crippen LogP contribution in [0.4, 0.5) is 10.1 Å². The fourth-order valence-electron chi connectivity index (χ4n) is 2.98. The molecular weight excluding hydrogens is 371 g/mol. The normalized spacial score (nSPS) is 18.0. The number of benzene rings is 1. The topological polar surface area (TPSA) is 83.0 Å². The van der Waals surface area contributed by atoms with E-state index in [0.717, 1.165) is 19.5 Å². The number of nitrogens with zero attached hydrogens (tertiary/aromatic N) is 2. The minimum atomic E-state index is -3.61. The van der Waals surface area contributed by atoms with E-state index >= 15 is 0 Å². The van der Waals surface area contributed by atoms with E-state index < -0.39 is 15.8 Å². The van der Waals surface area contributed by atoms with Crippen molar-refractivity contribution in [3.05, 3.63) is 29.6 Å². The molecule has 1 aliphatic rings. The Morgan fingerprint density at radius 1 is 1.44 bits per heavy atom. The van der Waals surface area contributed by atoms with Crippen LogP contribution in [-0.4, -0.2) is 64.9 Å². The van der Waals surface area contributed by atoms with E-state index in [1.54, 1.807) is 26.2 Å². The molecule has 1 heterocycles. The molecule has 2 rings (SSSR count). The second kappa shape index (κ2) is 9.89. The molecule has 0 aromatic heterocycles. The van der Waals surface area contributed by atoms with Gasteiger partial charge in [-0.25, -0.2) is 12.8 Å². The molecule has 1 aromatic rings. The molecule has 1 atom stereocenters. The number of halogens is 1. The number of sulfonamides is 1. The summed E-state index contributed by atoms with van der Waals surface area (Å²) in [7, 11) is -1.91. The Balaban J connectivity index is 1.94. The highest BCUT2D eigenvalue weighted by Gasteiger charge is 2.24. The van der Waals surface area contributed by atoms with E-state index in [0.29, 0.717) is 30.6 Å². The second-order valence-electron chi connectivity index (χ2n) is 6.68. The number of aliphatic imine (C=N–C) groups is 1. The zero-order valence-electron chi connectivity index (χ0n) is 16.2. The average Bonchev–Trinajstić information content (AvgIpc) is 3.06. The van der Waals surface area contributed by atoms with Gasteiger partial charge in [0.15, 0.2) is 5.96 Å². The van der Waals surface area contributed by atoms with Crippen LogP contribution in [0, 0.1) is 18.7 Å². The molecule has 1 saturated heterocycles. The molecule has 7 nitrogen and oxygen atoms in total. The predicted molar refractivity (Wildman–Crippen MR) is 106 cm³/mol. The number of methoxy groups -OCH3 is 1. The first-order valence-corrected chi connectivity index (χ1v) is 10.8. The molecule has 27 heavy (non-hydrogen) atoms. The zero-order valence-corrected chi connectivity index (χ0v) is 17.0. The highest BCUT2D eigenvalue weighted by Crippen LogP contribution is 2.17. The highest BCUT2D eigenvalue weighted by atomic mass is 32.2.